The summed E-state index contributed by atoms with van der Waals surface area (Å²) < 4.78 is 4.90. The number of methoxy groups -OCH3 is 1. The number of ether oxygens (including phenoxy) is 1. The van der Waals surface area contributed by atoms with Gasteiger partial charge in [0.1, 0.15) is 0 Å². The molecule has 0 aromatic heterocycles. The lowest BCUT2D eigenvalue weighted by molar-refractivity contribution is -0.142. The van der Waals surface area contributed by atoms with Crippen molar-refractivity contribution in [2.45, 2.75) is 71.1 Å². The van der Waals surface area contributed by atoms with E-state index in [0.29, 0.717) is 11.8 Å². The molecule has 0 aromatic carbocycles. The Morgan fingerprint density at radius 2 is 1.21 bits per heavy atom. The molecule has 0 radical (unpaired) electrons. The fraction of sp³-hybridized carbons (Fsp3) is 0.808. The lowest BCUT2D eigenvalue weighted by atomic mass is 9.44. The first-order chi connectivity index (χ1) is 13.4. The van der Waals surface area contributed by atoms with Gasteiger partial charge in [0.2, 0.25) is 0 Å². The molecule has 2 heteroatoms. The highest BCUT2D eigenvalue weighted by Crippen LogP contribution is 2.64. The molecule has 0 aliphatic heterocycles. The van der Waals surface area contributed by atoms with E-state index < -0.39 is 0 Å². The zero-order chi connectivity index (χ0) is 19.6. The van der Waals surface area contributed by atoms with Crippen LogP contribution in [0.4, 0.5) is 0 Å². The van der Waals surface area contributed by atoms with Gasteiger partial charge in [-0.1, -0.05) is 25.7 Å². The molecular formula is C26H38O2. The summed E-state index contributed by atoms with van der Waals surface area (Å²) >= 11 is 0. The molecule has 8 aliphatic rings. The monoisotopic (exact) mass is 382 g/mol. The maximum atomic E-state index is 11.8. The quantitative estimate of drug-likeness (QED) is 0.324. The van der Waals surface area contributed by atoms with E-state index in [1.165, 1.54) is 64.9 Å². The van der Waals surface area contributed by atoms with Gasteiger partial charge in [-0.3, -0.25) is 0 Å². The number of allylic oxidation sites excluding steroid dienone is 1. The third-order valence-electron chi connectivity index (χ3n) is 10.1. The average Bonchev–Trinajstić information content (AvgIpc) is 2.68. The minimum Gasteiger partial charge on any atom is -0.466 e. The Morgan fingerprint density at radius 1 is 0.821 bits per heavy atom. The van der Waals surface area contributed by atoms with Crippen molar-refractivity contribution in [2.24, 2.45) is 52.8 Å². The van der Waals surface area contributed by atoms with E-state index >= 15 is 0 Å². The van der Waals surface area contributed by atoms with Gasteiger partial charge in [-0.2, -0.15) is 0 Å². The zero-order valence-corrected chi connectivity index (χ0v) is 17.9. The summed E-state index contributed by atoms with van der Waals surface area (Å²) in [5.41, 5.74) is 2.37. The summed E-state index contributed by atoms with van der Waals surface area (Å²) in [6.07, 6.45) is 14.2. The Hall–Kier alpha value is -1.05. The minimum absolute atomic E-state index is 0.0144. The Kier molecular flexibility index (Phi) is 4.56. The van der Waals surface area contributed by atoms with Gasteiger partial charge in [0, 0.05) is 11.0 Å². The molecule has 0 saturated heterocycles. The first-order valence-corrected chi connectivity index (χ1v) is 11.8. The first-order valence-electron chi connectivity index (χ1n) is 11.8. The van der Waals surface area contributed by atoms with Gasteiger partial charge in [-0.25, -0.2) is 4.79 Å². The van der Waals surface area contributed by atoms with E-state index in [9.17, 15) is 4.79 Å². The highest BCUT2D eigenvalue weighted by atomic mass is 16.5. The molecule has 0 heterocycles. The van der Waals surface area contributed by atoms with Crippen LogP contribution in [0.15, 0.2) is 24.3 Å². The molecule has 0 amide bonds. The minimum atomic E-state index is -0.194. The van der Waals surface area contributed by atoms with Crippen molar-refractivity contribution in [1.29, 1.82) is 0 Å². The SMILES string of the molecule is C=C(C(=O)OC)C1(C)C2CC3CC(C2)CC1C3.C=C1C2CC3CC(C2)CC1C3. The third kappa shape index (κ3) is 2.84. The van der Waals surface area contributed by atoms with Crippen molar-refractivity contribution < 1.29 is 9.53 Å². The summed E-state index contributed by atoms with van der Waals surface area (Å²) in [4.78, 5) is 11.8. The molecule has 0 unspecified atom stereocenters. The van der Waals surface area contributed by atoms with Crippen LogP contribution in [0.2, 0.25) is 0 Å². The molecule has 8 aliphatic carbocycles. The van der Waals surface area contributed by atoms with Gasteiger partial charge in [0.25, 0.3) is 0 Å². The number of esters is 1. The Morgan fingerprint density at radius 3 is 1.61 bits per heavy atom. The van der Waals surface area contributed by atoms with Crippen molar-refractivity contribution in [1.82, 2.24) is 0 Å². The molecular weight excluding hydrogens is 344 g/mol. The van der Waals surface area contributed by atoms with Crippen LogP contribution in [0, 0.1) is 52.8 Å². The van der Waals surface area contributed by atoms with Gasteiger partial charge in [-0.05, 0) is 112 Å². The second kappa shape index (κ2) is 6.74. The number of hydrogen-bond donors (Lipinski definition) is 0. The number of hydrogen-bond acceptors (Lipinski definition) is 2. The van der Waals surface area contributed by atoms with Crippen LogP contribution in [0.25, 0.3) is 0 Å². The standard InChI is InChI=1S/C15H22O2.C11H16/c1-9(14(16)17-3)15(2)12-5-10-4-11(7-12)8-13(15)6-10;1-7-10-3-8-2-9(5-10)6-11(7)4-8/h10-13H,1,4-8H2,2-3H3;8-11H,1-6H2. The van der Waals surface area contributed by atoms with Crippen LogP contribution in [-0.2, 0) is 9.53 Å². The smallest absolute Gasteiger partial charge is 0.333 e. The molecule has 8 saturated carbocycles. The topological polar surface area (TPSA) is 26.3 Å². The second-order valence-corrected chi connectivity index (χ2v) is 11.4. The molecule has 8 fully saturated rings. The third-order valence-corrected chi connectivity index (χ3v) is 10.1. The molecule has 154 valence electrons. The van der Waals surface area contributed by atoms with E-state index in [1.54, 1.807) is 12.0 Å². The predicted molar refractivity (Wildman–Crippen MR) is 112 cm³/mol. The van der Waals surface area contributed by atoms with Crippen molar-refractivity contribution in [3.05, 3.63) is 24.3 Å². The summed E-state index contributed by atoms with van der Waals surface area (Å²) in [6, 6.07) is 0. The summed E-state index contributed by atoms with van der Waals surface area (Å²) in [5.74, 6) is 7.10. The average molecular weight is 383 g/mol. The number of rotatable bonds is 2. The van der Waals surface area contributed by atoms with Crippen LogP contribution in [-0.4, -0.2) is 13.1 Å². The van der Waals surface area contributed by atoms with Gasteiger partial charge >= 0.3 is 5.97 Å². The molecule has 8 rings (SSSR count). The Bertz CT molecular complexity index is 629. The lowest BCUT2D eigenvalue weighted by Crippen LogP contribution is -2.53. The van der Waals surface area contributed by atoms with Crippen molar-refractivity contribution >= 4 is 5.97 Å². The molecule has 2 nitrogen and oxygen atoms in total. The van der Waals surface area contributed by atoms with Crippen molar-refractivity contribution in [3.63, 3.8) is 0 Å². The predicted octanol–water partition coefficient (Wildman–Crippen LogP) is 6.18. The normalized spacial score (nSPS) is 49.6. The molecule has 28 heavy (non-hydrogen) atoms. The Balaban J connectivity index is 0.000000133. The van der Waals surface area contributed by atoms with Gasteiger partial charge in [0.05, 0.1) is 7.11 Å². The van der Waals surface area contributed by atoms with Gasteiger partial charge in [-0.15, -0.1) is 0 Å². The van der Waals surface area contributed by atoms with Crippen LogP contribution >= 0.6 is 0 Å². The fourth-order valence-electron chi connectivity index (χ4n) is 8.79. The molecule has 8 bridgehead atoms. The summed E-state index contributed by atoms with van der Waals surface area (Å²) in [5, 5.41) is 0. The maximum Gasteiger partial charge on any atom is 0.333 e. The van der Waals surface area contributed by atoms with E-state index in [1.807, 2.05) is 0 Å². The van der Waals surface area contributed by atoms with Gasteiger partial charge in [0.15, 0.2) is 0 Å². The second-order valence-electron chi connectivity index (χ2n) is 11.4. The van der Waals surface area contributed by atoms with Gasteiger partial charge < -0.3 is 4.74 Å². The molecule has 0 aromatic rings. The van der Waals surface area contributed by atoms with Crippen LogP contribution < -0.4 is 0 Å². The summed E-state index contributed by atoms with van der Waals surface area (Å²) in [7, 11) is 1.47. The molecule has 0 N–H and O–H groups in total. The Labute approximate surface area is 171 Å². The van der Waals surface area contributed by atoms with E-state index in [-0.39, 0.29) is 11.4 Å². The zero-order valence-electron chi connectivity index (χ0n) is 17.9. The van der Waals surface area contributed by atoms with Crippen LogP contribution in [0.5, 0.6) is 0 Å². The first kappa shape index (κ1) is 18.9. The highest BCUT2D eigenvalue weighted by molar-refractivity contribution is 5.89. The van der Waals surface area contributed by atoms with Crippen LogP contribution in [0.1, 0.15) is 71.1 Å². The van der Waals surface area contributed by atoms with E-state index in [4.69, 9.17) is 4.74 Å². The molecule has 0 spiro atoms. The maximum absolute atomic E-state index is 11.8. The molecule has 0 atom stereocenters. The largest absolute Gasteiger partial charge is 0.466 e. The van der Waals surface area contributed by atoms with E-state index in [0.717, 1.165) is 41.1 Å². The van der Waals surface area contributed by atoms with E-state index in [2.05, 4.69) is 20.1 Å². The lowest BCUT2D eigenvalue weighted by Gasteiger charge is -2.60. The summed E-state index contributed by atoms with van der Waals surface area (Å²) in [6.45, 7) is 10.6. The fourth-order valence-corrected chi connectivity index (χ4v) is 8.79. The number of carbonyl (C=O) groups excluding carboxylic acids is 1. The van der Waals surface area contributed by atoms with Crippen molar-refractivity contribution in [3.8, 4) is 0 Å². The number of carbonyl (C=O) groups is 1. The van der Waals surface area contributed by atoms with Crippen molar-refractivity contribution in [2.75, 3.05) is 7.11 Å². The highest BCUT2D eigenvalue weighted by Gasteiger charge is 2.57. The van der Waals surface area contributed by atoms with Crippen LogP contribution in [0.3, 0.4) is 0 Å².